The van der Waals surface area contributed by atoms with Gasteiger partial charge < -0.3 is 0 Å². The van der Waals surface area contributed by atoms with Crippen molar-refractivity contribution in [3.8, 4) is 0 Å². The summed E-state index contributed by atoms with van der Waals surface area (Å²) in [7, 11) is 0. The molecular weight excluding hydrogens is 226 g/mol. The van der Waals surface area contributed by atoms with E-state index in [0.29, 0.717) is 11.3 Å². The average molecular weight is 255 g/mol. The fourth-order valence-corrected chi connectivity index (χ4v) is 2.75. The van der Waals surface area contributed by atoms with Crippen molar-refractivity contribution in [3.63, 3.8) is 0 Å². The van der Waals surface area contributed by atoms with E-state index in [9.17, 15) is 0 Å². The van der Waals surface area contributed by atoms with Gasteiger partial charge in [-0.05, 0) is 57.5 Å². The first kappa shape index (κ1) is 15.1. The molecule has 0 radical (unpaired) electrons. The van der Waals surface area contributed by atoms with Crippen molar-refractivity contribution in [2.45, 2.75) is 58.2 Å². The first-order valence-electron chi connectivity index (χ1n) is 7.10. The Balaban J connectivity index is 2.12. The van der Waals surface area contributed by atoms with Crippen molar-refractivity contribution in [3.05, 3.63) is 12.2 Å². The Morgan fingerprint density at radius 1 is 1.29 bits per heavy atom. The molecule has 2 heteroatoms. The van der Waals surface area contributed by atoms with Crippen LogP contribution in [0.5, 0.6) is 0 Å². The summed E-state index contributed by atoms with van der Waals surface area (Å²) in [4.78, 5) is 2.48. The Labute approximate surface area is 113 Å². The van der Waals surface area contributed by atoms with Gasteiger partial charge in [0.05, 0.1) is 0 Å². The number of likely N-dealkylation sites (tertiary alicyclic amines) is 1. The van der Waals surface area contributed by atoms with Gasteiger partial charge in [0, 0.05) is 5.37 Å². The Hall–Kier alpha value is 0.0500. The number of rotatable bonds is 6. The molecule has 0 saturated carbocycles. The highest BCUT2D eigenvalue weighted by Gasteiger charge is 2.20. The molecule has 1 aliphatic rings. The summed E-state index contributed by atoms with van der Waals surface area (Å²) >= 11 is 4.50. The topological polar surface area (TPSA) is 3.24 Å². The molecule has 1 aliphatic heterocycles. The third kappa shape index (κ3) is 5.48. The highest BCUT2D eigenvalue weighted by Crippen LogP contribution is 2.25. The lowest BCUT2D eigenvalue weighted by Gasteiger charge is -2.34. The molecule has 1 nitrogen and oxygen atoms in total. The molecule has 1 unspecified atom stereocenters. The monoisotopic (exact) mass is 255 g/mol. The van der Waals surface area contributed by atoms with E-state index in [1.54, 1.807) is 0 Å². The lowest BCUT2D eigenvalue weighted by atomic mass is 9.89. The molecule has 0 aromatic carbocycles. The highest BCUT2D eigenvalue weighted by atomic mass is 32.1. The lowest BCUT2D eigenvalue weighted by Crippen LogP contribution is -2.37. The van der Waals surface area contributed by atoms with E-state index >= 15 is 0 Å². The number of hydrogen-bond donors (Lipinski definition) is 1. The summed E-state index contributed by atoms with van der Waals surface area (Å²) in [5.41, 5.74) is 1.42. The quantitative estimate of drug-likeness (QED) is 0.545. The van der Waals surface area contributed by atoms with Crippen LogP contribution in [0.1, 0.15) is 52.9 Å². The van der Waals surface area contributed by atoms with Crippen molar-refractivity contribution in [2.24, 2.45) is 11.8 Å². The zero-order chi connectivity index (χ0) is 12.8. The van der Waals surface area contributed by atoms with Gasteiger partial charge in [0.2, 0.25) is 0 Å². The van der Waals surface area contributed by atoms with Gasteiger partial charge in [-0.15, -0.1) is 0 Å². The third-order valence-corrected chi connectivity index (χ3v) is 4.43. The maximum atomic E-state index is 4.50. The van der Waals surface area contributed by atoms with E-state index in [-0.39, 0.29) is 0 Å². The second-order valence-electron chi connectivity index (χ2n) is 5.82. The van der Waals surface area contributed by atoms with Gasteiger partial charge in [-0.1, -0.05) is 32.4 Å². The van der Waals surface area contributed by atoms with Gasteiger partial charge in [-0.3, -0.25) is 4.90 Å². The molecule has 1 atom stereocenters. The lowest BCUT2D eigenvalue weighted by molar-refractivity contribution is 0.173. The molecule has 0 amide bonds. The molecule has 0 spiro atoms. The number of nitrogens with zero attached hydrogens (tertiary/aromatic N) is 1. The summed E-state index contributed by atoms with van der Waals surface area (Å²) in [5, 5.41) is 0.427. The second-order valence-corrected chi connectivity index (χ2v) is 6.56. The van der Waals surface area contributed by atoms with Crippen LogP contribution in [0.25, 0.3) is 0 Å². The summed E-state index contributed by atoms with van der Waals surface area (Å²) in [6, 6.07) is 0. The Bertz CT molecular complexity index is 227. The van der Waals surface area contributed by atoms with Crippen LogP contribution in [-0.4, -0.2) is 23.4 Å². The van der Waals surface area contributed by atoms with Crippen LogP contribution in [0, 0.1) is 11.8 Å². The predicted octanol–water partition coefficient (Wildman–Crippen LogP) is 4.36. The van der Waals surface area contributed by atoms with Gasteiger partial charge >= 0.3 is 0 Å². The molecule has 0 aromatic rings. The minimum absolute atomic E-state index is 0.427. The maximum absolute atomic E-state index is 4.50. The van der Waals surface area contributed by atoms with Gasteiger partial charge in [0.15, 0.2) is 0 Å². The Morgan fingerprint density at radius 3 is 2.35 bits per heavy atom. The van der Waals surface area contributed by atoms with E-state index in [0.717, 1.165) is 5.92 Å². The van der Waals surface area contributed by atoms with Crippen LogP contribution >= 0.6 is 12.6 Å². The van der Waals surface area contributed by atoms with Gasteiger partial charge in [0.1, 0.15) is 0 Å². The highest BCUT2D eigenvalue weighted by molar-refractivity contribution is 7.80. The SMILES string of the molecule is C=C(CCCC1CCN(C(C)S)CC1)C(C)C. The summed E-state index contributed by atoms with van der Waals surface area (Å²) < 4.78 is 0. The Morgan fingerprint density at radius 2 is 1.88 bits per heavy atom. The molecule has 100 valence electrons. The van der Waals surface area contributed by atoms with Crippen molar-refractivity contribution in [2.75, 3.05) is 13.1 Å². The largest absolute Gasteiger partial charge is 0.292 e. The van der Waals surface area contributed by atoms with Gasteiger partial charge in [-0.25, -0.2) is 0 Å². The van der Waals surface area contributed by atoms with E-state index in [1.807, 2.05) is 0 Å². The molecule has 1 saturated heterocycles. The maximum Gasteiger partial charge on any atom is 0.0499 e. The van der Waals surface area contributed by atoms with E-state index in [4.69, 9.17) is 0 Å². The fourth-order valence-electron chi connectivity index (χ4n) is 2.52. The van der Waals surface area contributed by atoms with E-state index in [2.05, 4.69) is 44.9 Å². The molecular formula is C15H29NS. The van der Waals surface area contributed by atoms with E-state index in [1.165, 1.54) is 50.8 Å². The van der Waals surface area contributed by atoms with Crippen molar-refractivity contribution < 1.29 is 0 Å². The molecule has 0 N–H and O–H groups in total. The first-order valence-corrected chi connectivity index (χ1v) is 7.62. The number of allylic oxidation sites excluding steroid dienone is 1. The fraction of sp³-hybridized carbons (Fsp3) is 0.867. The smallest absolute Gasteiger partial charge is 0.0499 e. The number of thiol groups is 1. The molecule has 0 aliphatic carbocycles. The predicted molar refractivity (Wildman–Crippen MR) is 80.6 cm³/mol. The molecule has 0 bridgehead atoms. The summed E-state index contributed by atoms with van der Waals surface area (Å²) in [6.45, 7) is 13.3. The molecule has 0 aromatic heterocycles. The zero-order valence-corrected chi connectivity index (χ0v) is 12.7. The normalized spacial score (nSPS) is 20.8. The van der Waals surface area contributed by atoms with E-state index < -0.39 is 0 Å². The van der Waals surface area contributed by atoms with Crippen LogP contribution in [-0.2, 0) is 0 Å². The number of piperidine rings is 1. The molecule has 17 heavy (non-hydrogen) atoms. The van der Waals surface area contributed by atoms with Crippen molar-refractivity contribution in [1.29, 1.82) is 0 Å². The van der Waals surface area contributed by atoms with Gasteiger partial charge in [0.25, 0.3) is 0 Å². The van der Waals surface area contributed by atoms with Gasteiger partial charge in [-0.2, -0.15) is 12.6 Å². The summed E-state index contributed by atoms with van der Waals surface area (Å²) in [5.74, 6) is 1.60. The number of hydrogen-bond acceptors (Lipinski definition) is 2. The second kappa shape index (κ2) is 7.48. The van der Waals surface area contributed by atoms with Crippen LogP contribution in [0.3, 0.4) is 0 Å². The minimum Gasteiger partial charge on any atom is -0.292 e. The molecule has 1 fully saturated rings. The summed E-state index contributed by atoms with van der Waals surface area (Å²) in [6.07, 6.45) is 6.66. The third-order valence-electron chi connectivity index (χ3n) is 4.10. The minimum atomic E-state index is 0.427. The van der Waals surface area contributed by atoms with Crippen molar-refractivity contribution in [1.82, 2.24) is 4.90 Å². The zero-order valence-electron chi connectivity index (χ0n) is 11.8. The Kier molecular flexibility index (Phi) is 6.65. The van der Waals surface area contributed by atoms with Crippen LogP contribution in [0.2, 0.25) is 0 Å². The van der Waals surface area contributed by atoms with Crippen LogP contribution < -0.4 is 0 Å². The van der Waals surface area contributed by atoms with Crippen LogP contribution in [0.15, 0.2) is 12.2 Å². The first-order chi connectivity index (χ1) is 8.00. The average Bonchev–Trinajstić information content (AvgIpc) is 2.29. The standard InChI is InChI=1S/C15H29NS/c1-12(2)13(3)6-5-7-15-8-10-16(11-9-15)14(4)17/h12,14-15,17H,3,5-11H2,1-2,4H3. The van der Waals surface area contributed by atoms with Crippen molar-refractivity contribution >= 4 is 12.6 Å². The van der Waals surface area contributed by atoms with Crippen LogP contribution in [0.4, 0.5) is 0 Å². The molecule has 1 rings (SSSR count). The molecule has 1 heterocycles.